The Balaban J connectivity index is 1.57. The molecule has 30 heavy (non-hydrogen) atoms. The van der Waals surface area contributed by atoms with Gasteiger partial charge in [0.1, 0.15) is 6.54 Å². The molecule has 1 N–H and O–H groups in total. The molecule has 4 aliphatic carbocycles. The van der Waals surface area contributed by atoms with Gasteiger partial charge in [0, 0.05) is 18.9 Å². The first-order chi connectivity index (χ1) is 14.1. The fourth-order valence-electron chi connectivity index (χ4n) is 7.74. The van der Waals surface area contributed by atoms with Gasteiger partial charge in [0.25, 0.3) is 0 Å². The van der Waals surface area contributed by atoms with Crippen LogP contribution in [-0.4, -0.2) is 41.1 Å². The fraction of sp³-hybridized carbons (Fsp3) is 0.800. The number of rotatable bonds is 5. The van der Waals surface area contributed by atoms with Gasteiger partial charge in [-0.2, -0.15) is 15.3 Å². The summed E-state index contributed by atoms with van der Waals surface area (Å²) in [5.41, 5.74) is 1.43. The zero-order valence-electron chi connectivity index (χ0n) is 19.2. The van der Waals surface area contributed by atoms with Crippen LogP contribution in [-0.2, 0) is 4.79 Å². The van der Waals surface area contributed by atoms with Crippen LogP contribution in [0.3, 0.4) is 0 Å². The number of hydrogen-bond acceptors (Lipinski definition) is 5. The Morgan fingerprint density at radius 2 is 2.03 bits per heavy atom. The van der Waals surface area contributed by atoms with E-state index in [1.165, 1.54) is 18.0 Å². The maximum atomic E-state index is 13.2. The van der Waals surface area contributed by atoms with Gasteiger partial charge in [-0.25, -0.2) is 0 Å². The number of aliphatic hydroxyl groups is 1. The number of allylic oxidation sites excluding steroid dienone is 2. The van der Waals surface area contributed by atoms with E-state index in [0.717, 1.165) is 38.5 Å². The molecule has 3 fully saturated rings. The Morgan fingerprint density at radius 3 is 2.73 bits per heavy atom. The Morgan fingerprint density at radius 1 is 1.27 bits per heavy atom. The van der Waals surface area contributed by atoms with E-state index < -0.39 is 5.60 Å². The quantitative estimate of drug-likeness (QED) is 0.400. The highest BCUT2D eigenvalue weighted by atomic mass is 16.3. The summed E-state index contributed by atoms with van der Waals surface area (Å²) in [6.07, 6.45) is 12.6. The minimum Gasteiger partial charge on any atom is -0.390 e. The molecule has 0 radical (unpaired) electrons. The molecule has 4 rings (SSSR count). The average molecular weight is 414 g/mol. The molecular weight excluding hydrogens is 374 g/mol. The normalized spacial score (nSPS) is 45.3. The van der Waals surface area contributed by atoms with E-state index in [1.807, 2.05) is 13.8 Å². The van der Waals surface area contributed by atoms with E-state index >= 15 is 0 Å². The monoisotopic (exact) mass is 413 g/mol. The molecule has 0 aromatic rings. The molecule has 0 bridgehead atoms. The number of carbonyl (C=O) groups is 1. The van der Waals surface area contributed by atoms with Gasteiger partial charge in [0.2, 0.25) is 0 Å². The number of carbonyl (C=O) groups excluding carboxylic acids is 1. The van der Waals surface area contributed by atoms with Crippen LogP contribution in [0.25, 0.3) is 0 Å². The van der Waals surface area contributed by atoms with E-state index in [4.69, 9.17) is 0 Å². The van der Waals surface area contributed by atoms with Crippen molar-refractivity contribution in [1.29, 1.82) is 0 Å². The molecular formula is C25H39N3O2. The second kappa shape index (κ2) is 7.58. The van der Waals surface area contributed by atoms with Crippen molar-refractivity contribution >= 4 is 18.7 Å². The molecule has 0 amide bonds. The van der Waals surface area contributed by atoms with E-state index in [-0.39, 0.29) is 29.1 Å². The van der Waals surface area contributed by atoms with Crippen LogP contribution in [0.5, 0.6) is 0 Å². The lowest BCUT2D eigenvalue weighted by molar-refractivity contribution is -0.128. The third-order valence-electron chi connectivity index (χ3n) is 9.41. The van der Waals surface area contributed by atoms with Gasteiger partial charge in [-0.15, -0.1) is 0 Å². The zero-order chi connectivity index (χ0) is 21.7. The largest absolute Gasteiger partial charge is 0.390 e. The van der Waals surface area contributed by atoms with Crippen molar-refractivity contribution in [2.75, 3.05) is 6.54 Å². The predicted molar refractivity (Wildman–Crippen MR) is 121 cm³/mol. The summed E-state index contributed by atoms with van der Waals surface area (Å²) in [5, 5.41) is 20.1. The lowest BCUT2D eigenvalue weighted by Crippen LogP contribution is -2.51. The third-order valence-corrected chi connectivity index (χ3v) is 9.41. The number of hydrogen-bond donors (Lipinski definition) is 1. The first kappa shape index (κ1) is 21.7. The second-order valence-electron chi connectivity index (χ2n) is 11.1. The van der Waals surface area contributed by atoms with Crippen molar-refractivity contribution in [2.45, 2.75) is 84.7 Å². The summed E-state index contributed by atoms with van der Waals surface area (Å²) in [7, 11) is 0. The van der Waals surface area contributed by atoms with Crippen LogP contribution in [0.2, 0.25) is 0 Å². The summed E-state index contributed by atoms with van der Waals surface area (Å²) >= 11 is 0. The Labute approximate surface area is 181 Å². The molecule has 4 aliphatic rings. The highest BCUT2D eigenvalue weighted by Crippen LogP contribution is 2.66. The van der Waals surface area contributed by atoms with E-state index in [0.29, 0.717) is 17.8 Å². The van der Waals surface area contributed by atoms with Gasteiger partial charge in [-0.1, -0.05) is 25.5 Å². The average Bonchev–Trinajstić information content (AvgIpc) is 3.05. The number of hydrazone groups is 2. The van der Waals surface area contributed by atoms with Gasteiger partial charge in [-0.3, -0.25) is 4.79 Å². The molecule has 0 unspecified atom stereocenters. The van der Waals surface area contributed by atoms with Crippen molar-refractivity contribution in [2.24, 2.45) is 44.7 Å². The summed E-state index contributed by atoms with van der Waals surface area (Å²) in [6, 6.07) is 0. The Kier molecular flexibility index (Phi) is 5.49. The highest BCUT2D eigenvalue weighted by molar-refractivity contribution is 5.84. The first-order valence-electron chi connectivity index (χ1n) is 11.8. The SMILES string of the molecule is C=NN(CC(=O)[C@H]1CC[C@H]2[C@@H]3CC[C@H]4C[C@](C)(O)CC[C@]4(C)C3=CC[C@]12C)/N=C\C. The molecule has 0 aliphatic heterocycles. The first-order valence-corrected chi connectivity index (χ1v) is 11.8. The van der Waals surface area contributed by atoms with Gasteiger partial charge in [-0.05, 0) is 93.8 Å². The smallest absolute Gasteiger partial charge is 0.159 e. The van der Waals surface area contributed by atoms with Gasteiger partial charge >= 0.3 is 0 Å². The molecule has 0 spiro atoms. The molecule has 0 saturated heterocycles. The van der Waals surface area contributed by atoms with Crippen LogP contribution in [0.1, 0.15) is 79.1 Å². The van der Waals surface area contributed by atoms with E-state index in [9.17, 15) is 9.90 Å². The van der Waals surface area contributed by atoms with Crippen molar-refractivity contribution in [3.8, 4) is 0 Å². The standard InChI is InChI=1S/C25H39N3O2/c1-6-27-28(26-5)16-22(29)21-10-9-19-18-8-7-17-15-23(2,30)13-14-24(17,3)20(18)11-12-25(19,21)4/h6,11,17-19,21,30H,5,7-10,12-16H2,1-4H3/b27-6-/t17-,18-,19-,21+,23+,24-,25-/m0/s1. The minimum absolute atomic E-state index is 0.0391. The molecule has 166 valence electrons. The maximum Gasteiger partial charge on any atom is 0.159 e. The van der Waals surface area contributed by atoms with Crippen molar-refractivity contribution < 1.29 is 9.90 Å². The number of ketones is 1. The molecule has 3 saturated carbocycles. The van der Waals surface area contributed by atoms with E-state index in [2.05, 4.69) is 36.8 Å². The van der Waals surface area contributed by atoms with Crippen molar-refractivity contribution in [3.63, 3.8) is 0 Å². The summed E-state index contributed by atoms with van der Waals surface area (Å²) < 4.78 is 0. The number of Topliss-reactive ketones (excluding diaryl/α,β-unsaturated/α-hetero) is 1. The van der Waals surface area contributed by atoms with Gasteiger partial charge < -0.3 is 5.11 Å². The lowest BCUT2D eigenvalue weighted by Gasteiger charge is -2.58. The predicted octanol–water partition coefficient (Wildman–Crippen LogP) is 4.81. The van der Waals surface area contributed by atoms with Crippen LogP contribution in [0, 0.1) is 34.5 Å². The van der Waals surface area contributed by atoms with Crippen LogP contribution >= 0.6 is 0 Å². The lowest BCUT2D eigenvalue weighted by atomic mass is 9.47. The molecule has 0 aromatic carbocycles. The van der Waals surface area contributed by atoms with Gasteiger partial charge in [0.05, 0.1) is 5.60 Å². The van der Waals surface area contributed by atoms with Crippen molar-refractivity contribution in [1.82, 2.24) is 5.12 Å². The zero-order valence-corrected chi connectivity index (χ0v) is 19.2. The maximum absolute atomic E-state index is 13.2. The second-order valence-corrected chi connectivity index (χ2v) is 11.1. The number of fused-ring (bicyclic) bond motifs is 5. The fourth-order valence-corrected chi connectivity index (χ4v) is 7.74. The third kappa shape index (κ3) is 3.37. The van der Waals surface area contributed by atoms with Crippen LogP contribution in [0.15, 0.2) is 21.9 Å². The molecule has 0 aromatic heterocycles. The summed E-state index contributed by atoms with van der Waals surface area (Å²) in [5.74, 6) is 2.11. The number of nitrogens with zero attached hydrogens (tertiary/aromatic N) is 3. The molecule has 0 heterocycles. The molecule has 5 nitrogen and oxygen atoms in total. The Bertz CT molecular complexity index is 772. The van der Waals surface area contributed by atoms with Crippen molar-refractivity contribution in [3.05, 3.63) is 11.6 Å². The van der Waals surface area contributed by atoms with E-state index in [1.54, 1.807) is 11.8 Å². The van der Waals surface area contributed by atoms with Crippen LogP contribution < -0.4 is 0 Å². The topological polar surface area (TPSA) is 65.3 Å². The molecule has 5 heteroatoms. The van der Waals surface area contributed by atoms with Gasteiger partial charge in [0.15, 0.2) is 5.78 Å². The van der Waals surface area contributed by atoms with Crippen LogP contribution in [0.4, 0.5) is 0 Å². The Hall–Kier alpha value is -1.49. The minimum atomic E-state index is -0.502. The summed E-state index contributed by atoms with van der Waals surface area (Å²) in [4.78, 5) is 13.2. The summed E-state index contributed by atoms with van der Waals surface area (Å²) in [6.45, 7) is 12.4. The highest BCUT2D eigenvalue weighted by Gasteiger charge is 2.59. The molecule has 7 atom stereocenters.